The van der Waals surface area contributed by atoms with E-state index in [1.807, 2.05) is 11.0 Å². The van der Waals surface area contributed by atoms with Gasteiger partial charge in [0.15, 0.2) is 0 Å². The van der Waals surface area contributed by atoms with E-state index in [0.717, 1.165) is 43.4 Å². The molecule has 0 aliphatic carbocycles. The molecule has 0 unspecified atom stereocenters. The van der Waals surface area contributed by atoms with Crippen LogP contribution in [0.4, 0.5) is 0 Å². The van der Waals surface area contributed by atoms with Crippen molar-refractivity contribution in [2.45, 2.75) is 31.4 Å². The number of nitrogens with zero attached hydrogens (tertiary/aromatic N) is 1. The quantitative estimate of drug-likeness (QED) is 0.845. The first-order valence-corrected chi connectivity index (χ1v) is 8.27. The number of halogens is 2. The van der Waals surface area contributed by atoms with E-state index in [1.54, 1.807) is 7.11 Å². The van der Waals surface area contributed by atoms with E-state index in [4.69, 9.17) is 4.74 Å². The van der Waals surface area contributed by atoms with Crippen LogP contribution in [0.5, 0.6) is 0 Å². The number of fused-ring (bicyclic) bond motifs is 1. The third-order valence-electron chi connectivity index (χ3n) is 4.69. The molecule has 6 heteroatoms. The number of nitrogens with one attached hydrogen (secondary N) is 1. The topological polar surface area (TPSA) is 41.6 Å². The number of ether oxygens (including phenoxy) is 1. The van der Waals surface area contributed by atoms with Crippen LogP contribution in [-0.2, 0) is 22.5 Å². The first kappa shape index (κ1) is 17.7. The number of hydrogen-bond acceptors (Lipinski definition) is 3. The van der Waals surface area contributed by atoms with Crippen molar-refractivity contribution < 1.29 is 9.53 Å². The maximum atomic E-state index is 13.0. The van der Waals surface area contributed by atoms with Crippen LogP contribution in [0, 0.1) is 0 Å². The minimum Gasteiger partial charge on any atom is -0.368 e. The molecule has 1 saturated heterocycles. The van der Waals surface area contributed by atoms with Gasteiger partial charge in [-0.2, -0.15) is 0 Å². The smallest absolute Gasteiger partial charge is 0.255 e. The van der Waals surface area contributed by atoms with Gasteiger partial charge in [-0.1, -0.05) is 28.1 Å². The Bertz CT molecular complexity index is 547. The van der Waals surface area contributed by atoms with E-state index in [-0.39, 0.29) is 18.3 Å². The Hall–Kier alpha value is -0.620. The van der Waals surface area contributed by atoms with Crippen molar-refractivity contribution >= 4 is 34.2 Å². The molecule has 0 aromatic heterocycles. The lowest BCUT2D eigenvalue weighted by Gasteiger charge is -2.40. The molecule has 122 valence electrons. The van der Waals surface area contributed by atoms with Gasteiger partial charge in [0, 0.05) is 24.7 Å². The van der Waals surface area contributed by atoms with Gasteiger partial charge in [-0.3, -0.25) is 4.79 Å². The Labute approximate surface area is 146 Å². The number of piperidine rings is 1. The van der Waals surface area contributed by atoms with Crippen molar-refractivity contribution in [1.29, 1.82) is 0 Å². The summed E-state index contributed by atoms with van der Waals surface area (Å²) in [6, 6.07) is 6.22. The van der Waals surface area contributed by atoms with Crippen molar-refractivity contribution in [1.82, 2.24) is 10.2 Å². The number of hydrogen-bond donors (Lipinski definition) is 1. The Balaban J connectivity index is 0.00000176. The third kappa shape index (κ3) is 3.18. The fourth-order valence-electron chi connectivity index (χ4n) is 3.36. The Morgan fingerprint density at radius 2 is 2.09 bits per heavy atom. The highest BCUT2D eigenvalue weighted by molar-refractivity contribution is 9.10. The molecular formula is C16H22BrClN2O2. The Kier molecular flexibility index (Phi) is 5.88. The number of carbonyl (C=O) groups is 1. The Morgan fingerprint density at radius 1 is 1.36 bits per heavy atom. The van der Waals surface area contributed by atoms with Gasteiger partial charge in [-0.15, -0.1) is 12.4 Å². The molecule has 0 radical (unpaired) electrons. The van der Waals surface area contributed by atoms with Crippen molar-refractivity contribution in [3.8, 4) is 0 Å². The lowest BCUT2D eigenvalue weighted by Crippen LogP contribution is -2.56. The van der Waals surface area contributed by atoms with Gasteiger partial charge in [0.1, 0.15) is 5.60 Å². The minimum atomic E-state index is -0.630. The number of carbonyl (C=O) groups excluding carboxylic acids is 1. The second-order valence-electron chi connectivity index (χ2n) is 5.80. The zero-order valence-corrected chi connectivity index (χ0v) is 15.1. The van der Waals surface area contributed by atoms with Gasteiger partial charge in [0.25, 0.3) is 5.91 Å². The van der Waals surface area contributed by atoms with Gasteiger partial charge in [0.05, 0.1) is 0 Å². The zero-order chi connectivity index (χ0) is 14.9. The molecular weight excluding hydrogens is 368 g/mol. The van der Waals surface area contributed by atoms with Crippen LogP contribution < -0.4 is 5.32 Å². The first-order valence-electron chi connectivity index (χ1n) is 7.48. The molecule has 0 spiro atoms. The highest BCUT2D eigenvalue weighted by Crippen LogP contribution is 2.30. The fraction of sp³-hybridized carbons (Fsp3) is 0.562. The molecule has 0 bridgehead atoms. The molecule has 3 rings (SSSR count). The molecule has 2 heterocycles. The van der Waals surface area contributed by atoms with Gasteiger partial charge < -0.3 is 15.0 Å². The SMILES string of the molecule is COC1(C(=O)N2CCc3c(Br)cccc3C2)CCNCC1.Cl. The van der Waals surface area contributed by atoms with E-state index in [0.29, 0.717) is 6.54 Å². The van der Waals surface area contributed by atoms with Gasteiger partial charge in [0.2, 0.25) is 0 Å². The summed E-state index contributed by atoms with van der Waals surface area (Å²) in [5.41, 5.74) is 1.94. The van der Waals surface area contributed by atoms with E-state index >= 15 is 0 Å². The monoisotopic (exact) mass is 388 g/mol. The summed E-state index contributed by atoms with van der Waals surface area (Å²) in [5.74, 6) is 0.150. The predicted octanol–water partition coefficient (Wildman–Crippen LogP) is 2.52. The Morgan fingerprint density at radius 3 is 2.77 bits per heavy atom. The van der Waals surface area contributed by atoms with Crippen molar-refractivity contribution in [2.24, 2.45) is 0 Å². The lowest BCUT2D eigenvalue weighted by atomic mass is 9.89. The second-order valence-corrected chi connectivity index (χ2v) is 6.66. The summed E-state index contributed by atoms with van der Waals surface area (Å²) in [6.07, 6.45) is 2.41. The van der Waals surface area contributed by atoms with Crippen LogP contribution in [0.3, 0.4) is 0 Å². The number of benzene rings is 1. The van der Waals surface area contributed by atoms with E-state index in [2.05, 4.69) is 33.4 Å². The molecule has 4 nitrogen and oxygen atoms in total. The molecule has 1 aromatic carbocycles. The number of amides is 1. The molecule has 0 saturated carbocycles. The molecule has 1 fully saturated rings. The van der Waals surface area contributed by atoms with Crippen LogP contribution in [-0.4, -0.2) is 43.2 Å². The largest absolute Gasteiger partial charge is 0.368 e. The first-order chi connectivity index (χ1) is 10.2. The molecule has 2 aliphatic rings. The number of rotatable bonds is 2. The second kappa shape index (κ2) is 7.30. The predicted molar refractivity (Wildman–Crippen MR) is 92.4 cm³/mol. The third-order valence-corrected chi connectivity index (χ3v) is 5.43. The van der Waals surface area contributed by atoms with Crippen LogP contribution in [0.15, 0.2) is 22.7 Å². The molecule has 1 N–H and O–H groups in total. The summed E-state index contributed by atoms with van der Waals surface area (Å²) in [4.78, 5) is 14.9. The zero-order valence-electron chi connectivity index (χ0n) is 12.7. The summed E-state index contributed by atoms with van der Waals surface area (Å²) in [6.45, 7) is 3.14. The average molecular weight is 390 g/mol. The van der Waals surface area contributed by atoms with Crippen molar-refractivity contribution in [3.63, 3.8) is 0 Å². The number of methoxy groups -OCH3 is 1. The fourth-order valence-corrected chi connectivity index (χ4v) is 3.97. The molecule has 1 aromatic rings. The molecule has 2 aliphatic heterocycles. The van der Waals surface area contributed by atoms with E-state index < -0.39 is 5.60 Å². The van der Waals surface area contributed by atoms with E-state index in [1.165, 1.54) is 11.1 Å². The standard InChI is InChI=1S/C16H21BrN2O2.ClH/c1-21-16(6-8-18-9-7-16)15(20)19-10-5-13-12(11-19)3-2-4-14(13)17;/h2-4,18H,5-11H2,1H3;1H. The molecule has 1 amide bonds. The van der Waals surface area contributed by atoms with Crippen LogP contribution in [0.2, 0.25) is 0 Å². The summed E-state index contributed by atoms with van der Waals surface area (Å²) in [5, 5.41) is 3.30. The van der Waals surface area contributed by atoms with Gasteiger partial charge in [-0.25, -0.2) is 0 Å². The summed E-state index contributed by atoms with van der Waals surface area (Å²) in [7, 11) is 1.66. The molecule has 0 atom stereocenters. The molecule has 22 heavy (non-hydrogen) atoms. The van der Waals surface area contributed by atoms with Crippen LogP contribution >= 0.6 is 28.3 Å². The van der Waals surface area contributed by atoms with Crippen LogP contribution in [0.25, 0.3) is 0 Å². The van der Waals surface area contributed by atoms with Crippen LogP contribution in [0.1, 0.15) is 24.0 Å². The summed E-state index contributed by atoms with van der Waals surface area (Å²) < 4.78 is 6.81. The van der Waals surface area contributed by atoms with Gasteiger partial charge >= 0.3 is 0 Å². The minimum absolute atomic E-state index is 0. The maximum absolute atomic E-state index is 13.0. The summed E-state index contributed by atoms with van der Waals surface area (Å²) >= 11 is 3.60. The van der Waals surface area contributed by atoms with Gasteiger partial charge in [-0.05, 0) is 49.5 Å². The highest BCUT2D eigenvalue weighted by atomic mass is 79.9. The van der Waals surface area contributed by atoms with Crippen molar-refractivity contribution in [3.05, 3.63) is 33.8 Å². The maximum Gasteiger partial charge on any atom is 0.255 e. The highest BCUT2D eigenvalue weighted by Gasteiger charge is 2.43. The van der Waals surface area contributed by atoms with E-state index in [9.17, 15) is 4.79 Å². The normalized spacial score (nSPS) is 20.0. The lowest BCUT2D eigenvalue weighted by molar-refractivity contribution is -0.159. The average Bonchev–Trinajstić information content (AvgIpc) is 2.54. The van der Waals surface area contributed by atoms with Crippen molar-refractivity contribution in [2.75, 3.05) is 26.7 Å².